The third kappa shape index (κ3) is 3.39. The first-order chi connectivity index (χ1) is 9.58. The summed E-state index contributed by atoms with van der Waals surface area (Å²) in [5.74, 6) is 6.55. The van der Waals surface area contributed by atoms with Crippen LogP contribution in [0.1, 0.15) is 18.1 Å². The number of benzene rings is 1. The summed E-state index contributed by atoms with van der Waals surface area (Å²) in [7, 11) is 3.41. The molecule has 1 aromatic carbocycles. The van der Waals surface area contributed by atoms with Crippen LogP contribution in [0.2, 0.25) is 0 Å². The van der Waals surface area contributed by atoms with Crippen LogP contribution in [-0.4, -0.2) is 22.8 Å². The van der Waals surface area contributed by atoms with Crippen molar-refractivity contribution in [3.8, 4) is 17.6 Å². The van der Waals surface area contributed by atoms with Crippen molar-refractivity contribution in [2.75, 3.05) is 12.4 Å². The highest BCUT2D eigenvalue weighted by molar-refractivity contribution is 5.90. The second-order valence-corrected chi connectivity index (χ2v) is 4.25. The number of amides is 1. The van der Waals surface area contributed by atoms with E-state index in [0.29, 0.717) is 11.4 Å². The van der Waals surface area contributed by atoms with E-state index in [1.807, 2.05) is 19.3 Å². The molecule has 2 rings (SSSR count). The molecule has 0 bridgehead atoms. The molecule has 1 amide bonds. The van der Waals surface area contributed by atoms with Crippen molar-refractivity contribution in [1.82, 2.24) is 9.78 Å². The van der Waals surface area contributed by atoms with Crippen LogP contribution in [0.3, 0.4) is 0 Å². The fourth-order valence-electron chi connectivity index (χ4n) is 1.68. The van der Waals surface area contributed by atoms with Gasteiger partial charge in [-0.3, -0.25) is 9.48 Å². The zero-order chi connectivity index (χ0) is 14.5. The molecule has 1 N–H and O–H groups in total. The van der Waals surface area contributed by atoms with Gasteiger partial charge in [0, 0.05) is 31.8 Å². The second-order valence-electron chi connectivity index (χ2n) is 4.25. The average Bonchev–Trinajstić information content (AvgIpc) is 2.82. The molecule has 2 aromatic rings. The first-order valence-corrected chi connectivity index (χ1v) is 6.05. The van der Waals surface area contributed by atoms with Crippen LogP contribution in [0.5, 0.6) is 5.75 Å². The van der Waals surface area contributed by atoms with E-state index in [0.717, 1.165) is 11.1 Å². The Kier molecular flexibility index (Phi) is 4.06. The molecule has 5 nitrogen and oxygen atoms in total. The molecule has 0 aliphatic carbocycles. The number of ether oxygens (including phenoxy) is 1. The lowest BCUT2D eigenvalue weighted by Gasteiger charge is -2.07. The highest BCUT2D eigenvalue weighted by Gasteiger charge is 2.04. The van der Waals surface area contributed by atoms with Gasteiger partial charge in [-0.25, -0.2) is 0 Å². The van der Waals surface area contributed by atoms with Gasteiger partial charge in [-0.05, 0) is 12.1 Å². The molecule has 0 saturated heterocycles. The van der Waals surface area contributed by atoms with Crippen LogP contribution in [0, 0.1) is 11.8 Å². The molecule has 0 atom stereocenters. The Labute approximate surface area is 117 Å². The van der Waals surface area contributed by atoms with Crippen molar-refractivity contribution in [3.05, 3.63) is 41.7 Å². The number of nitrogens with zero attached hydrogens (tertiary/aromatic N) is 2. The number of methoxy groups -OCH3 is 1. The normalized spacial score (nSPS) is 9.55. The van der Waals surface area contributed by atoms with Crippen molar-refractivity contribution in [2.45, 2.75) is 6.92 Å². The Bertz CT molecular complexity index is 693. The van der Waals surface area contributed by atoms with Gasteiger partial charge in [-0.2, -0.15) is 5.10 Å². The summed E-state index contributed by atoms with van der Waals surface area (Å²) in [4.78, 5) is 11.2. The fraction of sp³-hybridized carbons (Fsp3) is 0.200. The number of rotatable bonds is 2. The molecule has 0 spiro atoms. The van der Waals surface area contributed by atoms with Crippen molar-refractivity contribution < 1.29 is 9.53 Å². The number of carbonyl (C=O) groups excluding carboxylic acids is 1. The molecular weight excluding hydrogens is 254 g/mol. The molecule has 0 radical (unpaired) electrons. The number of aromatic nitrogens is 2. The molecule has 20 heavy (non-hydrogen) atoms. The summed E-state index contributed by atoms with van der Waals surface area (Å²) in [5.41, 5.74) is 2.18. The first kappa shape index (κ1) is 13.7. The maximum Gasteiger partial charge on any atom is 0.221 e. The predicted molar refractivity (Wildman–Crippen MR) is 76.5 cm³/mol. The summed E-state index contributed by atoms with van der Waals surface area (Å²) in [6, 6.07) is 5.36. The first-order valence-electron chi connectivity index (χ1n) is 6.05. The van der Waals surface area contributed by atoms with Crippen molar-refractivity contribution in [2.24, 2.45) is 7.05 Å². The van der Waals surface area contributed by atoms with Gasteiger partial charge in [0.15, 0.2) is 0 Å². The van der Waals surface area contributed by atoms with E-state index in [1.54, 1.807) is 30.1 Å². The zero-order valence-electron chi connectivity index (χ0n) is 11.6. The monoisotopic (exact) mass is 269 g/mol. The van der Waals surface area contributed by atoms with Gasteiger partial charge in [0.05, 0.1) is 24.6 Å². The smallest absolute Gasteiger partial charge is 0.221 e. The SMILES string of the molecule is COc1ccc(C#Cc2cnn(C)c2)c(NC(C)=O)c1. The van der Waals surface area contributed by atoms with Crippen LogP contribution in [0.4, 0.5) is 5.69 Å². The van der Waals surface area contributed by atoms with Crippen LogP contribution in [0.15, 0.2) is 30.6 Å². The molecule has 0 fully saturated rings. The third-order valence-corrected chi connectivity index (χ3v) is 2.58. The molecule has 1 heterocycles. The van der Waals surface area contributed by atoms with E-state index in [-0.39, 0.29) is 5.91 Å². The van der Waals surface area contributed by atoms with Gasteiger partial charge in [0.25, 0.3) is 0 Å². The molecule has 0 saturated carbocycles. The van der Waals surface area contributed by atoms with Gasteiger partial charge in [0.1, 0.15) is 5.75 Å². The van der Waals surface area contributed by atoms with E-state index in [9.17, 15) is 4.79 Å². The standard InChI is InChI=1S/C15H15N3O2/c1-11(19)17-15-8-14(20-3)7-6-13(15)5-4-12-9-16-18(2)10-12/h6-10H,1-3H3,(H,17,19). The fourth-order valence-corrected chi connectivity index (χ4v) is 1.68. The highest BCUT2D eigenvalue weighted by atomic mass is 16.5. The van der Waals surface area contributed by atoms with Gasteiger partial charge in [-0.1, -0.05) is 11.8 Å². The van der Waals surface area contributed by atoms with Gasteiger partial charge < -0.3 is 10.1 Å². The second kappa shape index (κ2) is 5.93. The van der Waals surface area contributed by atoms with E-state index in [2.05, 4.69) is 22.3 Å². The molecule has 0 aliphatic heterocycles. The molecule has 1 aromatic heterocycles. The van der Waals surface area contributed by atoms with Crippen LogP contribution in [0.25, 0.3) is 0 Å². The van der Waals surface area contributed by atoms with E-state index >= 15 is 0 Å². The summed E-state index contributed by atoms with van der Waals surface area (Å²) in [6.07, 6.45) is 3.52. The number of anilines is 1. The maximum absolute atomic E-state index is 11.2. The molecule has 0 aliphatic rings. The van der Waals surface area contributed by atoms with Crippen LogP contribution >= 0.6 is 0 Å². The lowest BCUT2D eigenvalue weighted by molar-refractivity contribution is -0.114. The van der Waals surface area contributed by atoms with E-state index in [1.165, 1.54) is 6.92 Å². The Morgan fingerprint density at radius 2 is 2.20 bits per heavy atom. The number of hydrogen-bond acceptors (Lipinski definition) is 3. The zero-order valence-corrected chi connectivity index (χ0v) is 11.6. The minimum absolute atomic E-state index is 0.150. The lowest BCUT2D eigenvalue weighted by atomic mass is 10.1. The Morgan fingerprint density at radius 1 is 1.40 bits per heavy atom. The van der Waals surface area contributed by atoms with Gasteiger partial charge in [-0.15, -0.1) is 0 Å². The molecule has 102 valence electrons. The topological polar surface area (TPSA) is 56.1 Å². The Balaban J connectivity index is 2.35. The van der Waals surface area contributed by atoms with Crippen LogP contribution < -0.4 is 10.1 Å². The quantitative estimate of drug-likeness (QED) is 0.846. The maximum atomic E-state index is 11.2. The molecular formula is C15H15N3O2. The average molecular weight is 269 g/mol. The minimum Gasteiger partial charge on any atom is -0.497 e. The van der Waals surface area contributed by atoms with E-state index < -0.39 is 0 Å². The summed E-state index contributed by atoms with van der Waals surface area (Å²) in [5, 5.41) is 6.80. The summed E-state index contributed by atoms with van der Waals surface area (Å²) >= 11 is 0. The minimum atomic E-state index is -0.150. The summed E-state index contributed by atoms with van der Waals surface area (Å²) < 4.78 is 6.83. The molecule has 0 unspecified atom stereocenters. The third-order valence-electron chi connectivity index (χ3n) is 2.58. The van der Waals surface area contributed by atoms with Crippen LogP contribution in [-0.2, 0) is 11.8 Å². The number of nitrogens with one attached hydrogen (secondary N) is 1. The Morgan fingerprint density at radius 3 is 2.80 bits per heavy atom. The molecule has 5 heteroatoms. The van der Waals surface area contributed by atoms with Gasteiger partial charge in [0.2, 0.25) is 5.91 Å². The van der Waals surface area contributed by atoms with Crippen molar-refractivity contribution in [3.63, 3.8) is 0 Å². The summed E-state index contributed by atoms with van der Waals surface area (Å²) in [6.45, 7) is 1.46. The van der Waals surface area contributed by atoms with E-state index in [4.69, 9.17) is 4.74 Å². The van der Waals surface area contributed by atoms with Crippen molar-refractivity contribution in [1.29, 1.82) is 0 Å². The predicted octanol–water partition coefficient (Wildman–Crippen LogP) is 1.79. The van der Waals surface area contributed by atoms with Gasteiger partial charge >= 0.3 is 0 Å². The number of hydrogen-bond donors (Lipinski definition) is 1. The highest BCUT2D eigenvalue weighted by Crippen LogP contribution is 2.22. The van der Waals surface area contributed by atoms with Crippen molar-refractivity contribution >= 4 is 11.6 Å². The lowest BCUT2D eigenvalue weighted by Crippen LogP contribution is -2.07. The number of carbonyl (C=O) groups is 1. The Hall–Kier alpha value is -2.74. The largest absolute Gasteiger partial charge is 0.497 e. The number of aryl methyl sites for hydroxylation is 1.